The van der Waals surface area contributed by atoms with Crippen LogP contribution in [0, 0.1) is 10.1 Å². The summed E-state index contributed by atoms with van der Waals surface area (Å²) in [5, 5.41) is 13.7. The molecule has 1 heterocycles. The Morgan fingerprint density at radius 2 is 2.22 bits per heavy atom. The molecule has 1 aromatic rings. The Morgan fingerprint density at radius 1 is 1.61 bits per heavy atom. The zero-order valence-corrected chi connectivity index (χ0v) is 10.9. The summed E-state index contributed by atoms with van der Waals surface area (Å²) in [5.74, 6) is -0.187. The fraction of sp³-hybridized carbons (Fsp3) is 0.400. The number of carbonyl (C=O) groups is 1. The molecule has 7 nitrogen and oxygen atoms in total. The molecule has 1 aromatic heterocycles. The number of likely N-dealkylation sites (N-methyl/N-ethyl adjacent to an activating group) is 1. The van der Waals surface area contributed by atoms with E-state index in [1.54, 1.807) is 21.0 Å². The fourth-order valence-corrected chi connectivity index (χ4v) is 1.49. The van der Waals surface area contributed by atoms with Crippen molar-refractivity contribution >= 4 is 29.0 Å². The smallest absolute Gasteiger partial charge is 0.312 e. The Hall–Kier alpha value is -1.89. The molecule has 18 heavy (non-hydrogen) atoms. The number of carbonyl (C=O) groups excluding carboxylic acids is 1. The maximum absolute atomic E-state index is 11.6. The Kier molecular flexibility index (Phi) is 4.43. The summed E-state index contributed by atoms with van der Waals surface area (Å²) in [6, 6.07) is 0.566. The zero-order valence-electron chi connectivity index (χ0n) is 10.2. The standard InChI is InChI=1S/C10H13ClN4O3/c1-6(10(16)14(2)3)13-9-8(15(17)18)4-7(11)5-12-9/h4-6H,1-3H3,(H,12,13). The SMILES string of the molecule is CC(Nc1ncc(Cl)cc1[N+](=O)[O-])C(=O)N(C)C. The predicted octanol–water partition coefficient (Wildman–Crippen LogP) is 1.53. The van der Waals surface area contributed by atoms with Gasteiger partial charge in [0.05, 0.1) is 9.95 Å². The third-order valence-corrected chi connectivity index (χ3v) is 2.40. The molecular weight excluding hydrogens is 260 g/mol. The summed E-state index contributed by atoms with van der Waals surface area (Å²) >= 11 is 5.64. The monoisotopic (exact) mass is 272 g/mol. The van der Waals surface area contributed by atoms with Gasteiger partial charge in [-0.2, -0.15) is 0 Å². The topological polar surface area (TPSA) is 88.4 Å². The summed E-state index contributed by atoms with van der Waals surface area (Å²) in [6.45, 7) is 1.60. The van der Waals surface area contributed by atoms with Crippen molar-refractivity contribution < 1.29 is 9.72 Å². The van der Waals surface area contributed by atoms with Crippen molar-refractivity contribution in [2.24, 2.45) is 0 Å². The van der Waals surface area contributed by atoms with Crippen LogP contribution < -0.4 is 5.32 Å². The number of aromatic nitrogens is 1. The van der Waals surface area contributed by atoms with Crippen molar-refractivity contribution in [3.8, 4) is 0 Å². The van der Waals surface area contributed by atoms with Crippen LogP contribution in [0.1, 0.15) is 6.92 Å². The Bertz CT molecular complexity index is 478. The van der Waals surface area contributed by atoms with Gasteiger partial charge in [-0.3, -0.25) is 14.9 Å². The van der Waals surface area contributed by atoms with E-state index in [2.05, 4.69) is 10.3 Å². The van der Waals surface area contributed by atoms with Crippen LogP contribution in [0.4, 0.5) is 11.5 Å². The van der Waals surface area contributed by atoms with Gasteiger partial charge in [-0.05, 0) is 6.92 Å². The van der Waals surface area contributed by atoms with Crippen molar-refractivity contribution in [2.45, 2.75) is 13.0 Å². The van der Waals surface area contributed by atoms with Crippen LogP contribution in [0.5, 0.6) is 0 Å². The molecule has 1 unspecified atom stereocenters. The van der Waals surface area contributed by atoms with Gasteiger partial charge in [0.25, 0.3) is 0 Å². The highest BCUT2D eigenvalue weighted by Crippen LogP contribution is 2.25. The lowest BCUT2D eigenvalue weighted by atomic mass is 10.3. The van der Waals surface area contributed by atoms with Gasteiger partial charge in [0.15, 0.2) is 0 Å². The highest BCUT2D eigenvalue weighted by atomic mass is 35.5. The van der Waals surface area contributed by atoms with E-state index in [1.165, 1.54) is 17.2 Å². The predicted molar refractivity (Wildman–Crippen MR) is 67.7 cm³/mol. The molecule has 98 valence electrons. The summed E-state index contributed by atoms with van der Waals surface area (Å²) in [4.78, 5) is 27.1. The van der Waals surface area contributed by atoms with Gasteiger partial charge in [0, 0.05) is 26.4 Å². The van der Waals surface area contributed by atoms with E-state index in [1.807, 2.05) is 0 Å². The highest BCUT2D eigenvalue weighted by Gasteiger charge is 2.21. The molecular formula is C10H13ClN4O3. The van der Waals surface area contributed by atoms with Crippen LogP contribution in [0.3, 0.4) is 0 Å². The first-order valence-corrected chi connectivity index (χ1v) is 5.48. The summed E-state index contributed by atoms with van der Waals surface area (Å²) in [5.41, 5.74) is -0.263. The molecule has 0 aliphatic carbocycles. The first-order chi connectivity index (χ1) is 8.32. The lowest BCUT2D eigenvalue weighted by Crippen LogP contribution is -2.37. The average molecular weight is 273 g/mol. The first kappa shape index (κ1) is 14.2. The second-order valence-corrected chi connectivity index (χ2v) is 4.31. The molecule has 0 saturated heterocycles. The van der Waals surface area contributed by atoms with Gasteiger partial charge in [0.2, 0.25) is 11.7 Å². The summed E-state index contributed by atoms with van der Waals surface area (Å²) in [7, 11) is 3.20. The zero-order chi connectivity index (χ0) is 13.9. The van der Waals surface area contributed by atoms with Gasteiger partial charge in [-0.1, -0.05) is 11.6 Å². The number of nitrogens with one attached hydrogen (secondary N) is 1. The summed E-state index contributed by atoms with van der Waals surface area (Å²) < 4.78 is 0. The molecule has 8 heteroatoms. The molecule has 0 aliphatic heterocycles. The highest BCUT2D eigenvalue weighted by molar-refractivity contribution is 6.30. The molecule has 0 bridgehead atoms. The average Bonchev–Trinajstić information content (AvgIpc) is 2.29. The quantitative estimate of drug-likeness (QED) is 0.663. The van der Waals surface area contributed by atoms with Crippen LogP contribution in [-0.2, 0) is 4.79 Å². The molecule has 0 saturated carbocycles. The van der Waals surface area contributed by atoms with E-state index in [0.717, 1.165) is 0 Å². The van der Waals surface area contributed by atoms with Crippen LogP contribution in [0.2, 0.25) is 5.02 Å². The van der Waals surface area contributed by atoms with E-state index < -0.39 is 11.0 Å². The Labute approximate surface area is 109 Å². The van der Waals surface area contributed by atoms with Crippen LogP contribution in [-0.4, -0.2) is 40.9 Å². The molecule has 1 N–H and O–H groups in total. The molecule has 1 rings (SSSR count). The third-order valence-electron chi connectivity index (χ3n) is 2.20. The number of nitro groups is 1. The van der Waals surface area contributed by atoms with Gasteiger partial charge < -0.3 is 10.2 Å². The number of amides is 1. The van der Waals surface area contributed by atoms with E-state index in [0.29, 0.717) is 0 Å². The van der Waals surface area contributed by atoms with E-state index in [4.69, 9.17) is 11.6 Å². The van der Waals surface area contributed by atoms with Crippen LogP contribution >= 0.6 is 11.6 Å². The minimum absolute atomic E-state index is 0.0205. The number of hydrogen-bond acceptors (Lipinski definition) is 5. The molecule has 0 aromatic carbocycles. The van der Waals surface area contributed by atoms with Crippen molar-refractivity contribution in [3.63, 3.8) is 0 Å². The molecule has 0 radical (unpaired) electrons. The Balaban J connectivity index is 2.97. The maximum Gasteiger partial charge on any atom is 0.312 e. The summed E-state index contributed by atoms with van der Waals surface area (Å²) in [6.07, 6.45) is 1.28. The molecule has 0 spiro atoms. The van der Waals surface area contributed by atoms with Crippen molar-refractivity contribution in [3.05, 3.63) is 27.4 Å². The minimum atomic E-state index is -0.618. The number of pyridine rings is 1. The van der Waals surface area contributed by atoms with Gasteiger partial charge in [-0.15, -0.1) is 0 Å². The van der Waals surface area contributed by atoms with E-state index in [9.17, 15) is 14.9 Å². The van der Waals surface area contributed by atoms with E-state index >= 15 is 0 Å². The second-order valence-electron chi connectivity index (χ2n) is 3.88. The van der Waals surface area contributed by atoms with E-state index in [-0.39, 0.29) is 22.4 Å². The normalized spacial score (nSPS) is 11.8. The van der Waals surface area contributed by atoms with Crippen molar-refractivity contribution in [2.75, 3.05) is 19.4 Å². The lowest BCUT2D eigenvalue weighted by molar-refractivity contribution is -0.384. The van der Waals surface area contributed by atoms with Crippen LogP contribution in [0.25, 0.3) is 0 Å². The number of rotatable bonds is 4. The van der Waals surface area contributed by atoms with Gasteiger partial charge >= 0.3 is 5.69 Å². The molecule has 0 aliphatic rings. The fourth-order valence-electron chi connectivity index (χ4n) is 1.33. The number of hydrogen-bond donors (Lipinski definition) is 1. The van der Waals surface area contributed by atoms with Gasteiger partial charge in [0.1, 0.15) is 6.04 Å². The number of anilines is 1. The van der Waals surface area contributed by atoms with Crippen molar-refractivity contribution in [1.82, 2.24) is 9.88 Å². The second kappa shape index (κ2) is 5.63. The number of halogens is 1. The van der Waals surface area contributed by atoms with Crippen molar-refractivity contribution in [1.29, 1.82) is 0 Å². The molecule has 1 atom stereocenters. The molecule has 0 fully saturated rings. The van der Waals surface area contributed by atoms with Crippen LogP contribution in [0.15, 0.2) is 12.3 Å². The third kappa shape index (κ3) is 3.30. The van der Waals surface area contributed by atoms with Gasteiger partial charge in [-0.25, -0.2) is 4.98 Å². The number of nitrogens with zero attached hydrogens (tertiary/aromatic N) is 3. The first-order valence-electron chi connectivity index (χ1n) is 5.10. The Morgan fingerprint density at radius 3 is 2.72 bits per heavy atom. The largest absolute Gasteiger partial charge is 0.353 e. The lowest BCUT2D eigenvalue weighted by Gasteiger charge is -2.18. The molecule has 1 amide bonds. The minimum Gasteiger partial charge on any atom is -0.353 e. The maximum atomic E-state index is 11.6.